The summed E-state index contributed by atoms with van der Waals surface area (Å²) in [4.78, 5) is 11.9. The van der Waals surface area contributed by atoms with Crippen molar-refractivity contribution in [1.82, 2.24) is 5.32 Å². The van der Waals surface area contributed by atoms with Crippen LogP contribution in [0.5, 0.6) is 0 Å². The Bertz CT molecular complexity index is 610. The van der Waals surface area contributed by atoms with Gasteiger partial charge in [0.05, 0.1) is 17.0 Å². The number of sulfone groups is 1. The van der Waals surface area contributed by atoms with Crippen molar-refractivity contribution in [3.05, 3.63) is 35.4 Å². The lowest BCUT2D eigenvalue weighted by molar-refractivity contribution is 0.0914. The summed E-state index contributed by atoms with van der Waals surface area (Å²) in [7, 11) is -3.16. The largest absolute Gasteiger partial charge is 0.346 e. The molecule has 0 spiro atoms. The van der Waals surface area contributed by atoms with Crippen LogP contribution in [0.15, 0.2) is 18.2 Å². The van der Waals surface area contributed by atoms with Crippen molar-refractivity contribution >= 4 is 15.7 Å². The summed E-state index contributed by atoms with van der Waals surface area (Å²) in [6.07, 6.45) is 0.291. The van der Waals surface area contributed by atoms with E-state index in [1.165, 1.54) is 0 Å². The first-order valence-electron chi connectivity index (χ1n) is 5.68. The molecule has 0 saturated carbocycles. The Labute approximate surface area is 109 Å². The number of hydrogen-bond donors (Lipinski definition) is 1. The molecule has 2 rings (SSSR count). The maximum Gasteiger partial charge on any atom is 0.251 e. The second-order valence-electron chi connectivity index (χ2n) is 5.01. The van der Waals surface area contributed by atoms with Crippen molar-refractivity contribution in [3.8, 4) is 0 Å². The number of benzene rings is 1. The van der Waals surface area contributed by atoms with Crippen molar-refractivity contribution < 1.29 is 22.0 Å². The van der Waals surface area contributed by atoms with E-state index in [-0.39, 0.29) is 17.1 Å². The molecule has 1 aliphatic rings. The highest BCUT2D eigenvalue weighted by atomic mass is 32.2. The van der Waals surface area contributed by atoms with Crippen LogP contribution in [-0.4, -0.2) is 31.4 Å². The molecule has 1 unspecified atom stereocenters. The van der Waals surface area contributed by atoms with E-state index < -0.39 is 32.9 Å². The standard InChI is InChI=1S/C12H13F2NO3S/c1-12(2-3-19(17,18)7-12)15-11(16)8-4-9(13)6-10(14)5-8/h4-6H,2-3,7H2,1H3,(H,15,16). The van der Waals surface area contributed by atoms with Gasteiger partial charge in [0, 0.05) is 11.6 Å². The molecule has 7 heteroatoms. The lowest BCUT2D eigenvalue weighted by Gasteiger charge is -2.23. The van der Waals surface area contributed by atoms with Crippen molar-refractivity contribution in [3.63, 3.8) is 0 Å². The molecule has 0 radical (unpaired) electrons. The van der Waals surface area contributed by atoms with E-state index in [1.807, 2.05) is 0 Å². The predicted molar refractivity (Wildman–Crippen MR) is 65.5 cm³/mol. The molecule has 1 aliphatic heterocycles. The summed E-state index contributed by atoms with van der Waals surface area (Å²) in [5, 5.41) is 2.53. The van der Waals surface area contributed by atoms with Gasteiger partial charge in [0.15, 0.2) is 9.84 Å². The first-order chi connectivity index (χ1) is 8.69. The van der Waals surface area contributed by atoms with Crippen LogP contribution in [0.4, 0.5) is 8.78 Å². The Morgan fingerprint density at radius 3 is 2.32 bits per heavy atom. The minimum Gasteiger partial charge on any atom is -0.346 e. The Hall–Kier alpha value is -1.50. The molecule has 0 bridgehead atoms. The van der Waals surface area contributed by atoms with E-state index in [1.54, 1.807) is 6.92 Å². The average Bonchev–Trinajstić information content (AvgIpc) is 2.51. The summed E-state index contributed by atoms with van der Waals surface area (Å²) >= 11 is 0. The fourth-order valence-electron chi connectivity index (χ4n) is 2.14. The van der Waals surface area contributed by atoms with Gasteiger partial charge in [-0.15, -0.1) is 0 Å². The zero-order valence-corrected chi connectivity index (χ0v) is 11.1. The van der Waals surface area contributed by atoms with Gasteiger partial charge in [-0.05, 0) is 25.5 Å². The lowest BCUT2D eigenvalue weighted by atomic mass is 10.0. The molecule has 104 valence electrons. The van der Waals surface area contributed by atoms with Gasteiger partial charge in [-0.2, -0.15) is 0 Å². The highest BCUT2D eigenvalue weighted by Gasteiger charge is 2.39. The summed E-state index contributed by atoms with van der Waals surface area (Å²) in [6, 6.07) is 2.48. The molecule has 1 aromatic carbocycles. The lowest BCUT2D eigenvalue weighted by Crippen LogP contribution is -2.46. The molecule has 1 atom stereocenters. The van der Waals surface area contributed by atoms with Crippen molar-refractivity contribution in [2.75, 3.05) is 11.5 Å². The Morgan fingerprint density at radius 1 is 1.26 bits per heavy atom. The molecule has 19 heavy (non-hydrogen) atoms. The van der Waals surface area contributed by atoms with E-state index >= 15 is 0 Å². The van der Waals surface area contributed by atoms with Gasteiger partial charge < -0.3 is 5.32 Å². The van der Waals surface area contributed by atoms with Gasteiger partial charge in [0.1, 0.15) is 11.6 Å². The Morgan fingerprint density at radius 2 is 1.84 bits per heavy atom. The smallest absolute Gasteiger partial charge is 0.251 e. The van der Waals surface area contributed by atoms with Crippen molar-refractivity contribution in [1.29, 1.82) is 0 Å². The monoisotopic (exact) mass is 289 g/mol. The number of rotatable bonds is 2. The van der Waals surface area contributed by atoms with Crippen LogP contribution in [0, 0.1) is 11.6 Å². The SMILES string of the molecule is CC1(NC(=O)c2cc(F)cc(F)c2)CCS(=O)(=O)C1. The molecule has 1 N–H and O–H groups in total. The molecule has 1 saturated heterocycles. The van der Waals surface area contributed by atoms with Crippen LogP contribution in [0.25, 0.3) is 0 Å². The molecule has 0 aliphatic carbocycles. The Kier molecular flexibility index (Phi) is 3.34. The fraction of sp³-hybridized carbons (Fsp3) is 0.417. The normalized spacial score (nSPS) is 25.2. The van der Waals surface area contributed by atoms with E-state index in [0.29, 0.717) is 12.5 Å². The fourth-order valence-corrected chi connectivity index (χ4v) is 4.23. The van der Waals surface area contributed by atoms with Crippen LogP contribution in [0.1, 0.15) is 23.7 Å². The van der Waals surface area contributed by atoms with Gasteiger partial charge in [0.2, 0.25) is 0 Å². The zero-order valence-electron chi connectivity index (χ0n) is 10.2. The van der Waals surface area contributed by atoms with Gasteiger partial charge in [0.25, 0.3) is 5.91 Å². The molecule has 1 heterocycles. The minimum atomic E-state index is -3.16. The van der Waals surface area contributed by atoms with Gasteiger partial charge in [-0.3, -0.25) is 4.79 Å². The topological polar surface area (TPSA) is 63.2 Å². The first-order valence-corrected chi connectivity index (χ1v) is 7.50. The molecule has 1 amide bonds. The minimum absolute atomic E-state index is 0.00128. The summed E-state index contributed by atoms with van der Waals surface area (Å²) in [5.41, 5.74) is -1.05. The number of nitrogens with one attached hydrogen (secondary N) is 1. The highest BCUT2D eigenvalue weighted by molar-refractivity contribution is 7.91. The predicted octanol–water partition coefficient (Wildman–Crippen LogP) is 1.27. The Balaban J connectivity index is 2.18. The third-order valence-corrected chi connectivity index (χ3v) is 4.95. The number of halogens is 2. The number of carbonyl (C=O) groups excluding carboxylic acids is 1. The summed E-state index contributed by atoms with van der Waals surface area (Å²) < 4.78 is 48.8. The van der Waals surface area contributed by atoms with Crippen LogP contribution in [-0.2, 0) is 9.84 Å². The van der Waals surface area contributed by atoms with E-state index in [4.69, 9.17) is 0 Å². The maximum atomic E-state index is 13.0. The number of hydrogen-bond acceptors (Lipinski definition) is 3. The van der Waals surface area contributed by atoms with E-state index in [0.717, 1.165) is 12.1 Å². The average molecular weight is 289 g/mol. The summed E-state index contributed by atoms with van der Waals surface area (Å²) in [5.74, 6) is -2.55. The van der Waals surface area contributed by atoms with Crippen LogP contribution in [0.2, 0.25) is 0 Å². The molecule has 4 nitrogen and oxygen atoms in total. The molecular formula is C12H13F2NO3S. The maximum absolute atomic E-state index is 13.0. The molecular weight excluding hydrogens is 276 g/mol. The second-order valence-corrected chi connectivity index (χ2v) is 7.20. The number of carbonyl (C=O) groups is 1. The first kappa shape index (κ1) is 13.9. The second kappa shape index (κ2) is 4.56. The molecule has 0 aromatic heterocycles. The van der Waals surface area contributed by atoms with Gasteiger partial charge in [-0.1, -0.05) is 0 Å². The van der Waals surface area contributed by atoms with Gasteiger partial charge >= 0.3 is 0 Å². The summed E-state index contributed by atoms with van der Waals surface area (Å²) in [6.45, 7) is 1.60. The zero-order chi connectivity index (χ0) is 14.3. The third-order valence-electron chi connectivity index (χ3n) is 3.04. The van der Waals surface area contributed by atoms with E-state index in [9.17, 15) is 22.0 Å². The van der Waals surface area contributed by atoms with Crippen LogP contribution >= 0.6 is 0 Å². The van der Waals surface area contributed by atoms with Crippen LogP contribution < -0.4 is 5.32 Å². The molecule has 1 fully saturated rings. The van der Waals surface area contributed by atoms with E-state index in [2.05, 4.69) is 5.32 Å². The number of amides is 1. The van der Waals surface area contributed by atoms with Crippen LogP contribution in [0.3, 0.4) is 0 Å². The quantitative estimate of drug-likeness (QED) is 0.892. The van der Waals surface area contributed by atoms with Crippen molar-refractivity contribution in [2.24, 2.45) is 0 Å². The van der Waals surface area contributed by atoms with Gasteiger partial charge in [-0.25, -0.2) is 17.2 Å². The highest BCUT2D eigenvalue weighted by Crippen LogP contribution is 2.23. The third kappa shape index (κ3) is 3.28. The molecule has 1 aromatic rings. The van der Waals surface area contributed by atoms with Crippen molar-refractivity contribution in [2.45, 2.75) is 18.9 Å².